The molecule has 0 spiro atoms. The van der Waals surface area contributed by atoms with Crippen molar-refractivity contribution in [2.75, 3.05) is 7.11 Å². The third kappa shape index (κ3) is 6.01. The summed E-state index contributed by atoms with van der Waals surface area (Å²) in [5, 5.41) is 14.3. The third-order valence-corrected chi connectivity index (χ3v) is 6.02. The molecule has 194 valence electrons. The van der Waals surface area contributed by atoms with Gasteiger partial charge < -0.3 is 14.8 Å². The van der Waals surface area contributed by atoms with Crippen LogP contribution in [0.15, 0.2) is 79.0 Å². The normalized spacial score (nSPS) is 13.9. The van der Waals surface area contributed by atoms with Gasteiger partial charge in [-0.05, 0) is 53.5 Å². The molecule has 1 heterocycles. The van der Waals surface area contributed by atoms with Gasteiger partial charge in [0.2, 0.25) is 0 Å². The van der Waals surface area contributed by atoms with Gasteiger partial charge in [0.15, 0.2) is 11.5 Å². The lowest BCUT2D eigenvalue weighted by molar-refractivity contribution is -0.384. The molecule has 38 heavy (non-hydrogen) atoms. The maximum absolute atomic E-state index is 13.0. The number of hydrogen-bond donors (Lipinski definition) is 1. The van der Waals surface area contributed by atoms with E-state index in [1.54, 1.807) is 60.7 Å². The number of carbonyl (C=O) groups excluding carboxylic acids is 2. The van der Waals surface area contributed by atoms with Gasteiger partial charge >= 0.3 is 6.03 Å². The molecule has 1 saturated heterocycles. The SMILES string of the molecule is C=CCc1cc(/C=C2\NC(=O)N(Cc3ccc(Cl)cc3)C2=O)cc(OC)c1OCc1cccc([N+](=O)[O-])c1. The minimum Gasteiger partial charge on any atom is -0.493 e. The summed E-state index contributed by atoms with van der Waals surface area (Å²) in [5.41, 5.74) is 2.82. The molecule has 0 saturated carbocycles. The summed E-state index contributed by atoms with van der Waals surface area (Å²) in [6.07, 6.45) is 3.70. The number of urea groups is 1. The number of halogens is 1. The first-order chi connectivity index (χ1) is 18.3. The zero-order valence-electron chi connectivity index (χ0n) is 20.5. The Morgan fingerprint density at radius 1 is 1.11 bits per heavy atom. The molecule has 0 atom stereocenters. The molecule has 1 aliphatic heterocycles. The lowest BCUT2D eigenvalue weighted by Crippen LogP contribution is -2.30. The fraction of sp³-hybridized carbons (Fsp3) is 0.143. The van der Waals surface area contributed by atoms with Gasteiger partial charge in [-0.2, -0.15) is 0 Å². The fourth-order valence-corrected chi connectivity index (χ4v) is 4.09. The molecule has 9 nitrogen and oxygen atoms in total. The number of nitrogens with one attached hydrogen (secondary N) is 1. The first-order valence-electron chi connectivity index (χ1n) is 11.6. The molecule has 1 fully saturated rings. The van der Waals surface area contributed by atoms with Gasteiger partial charge in [-0.3, -0.25) is 19.8 Å². The monoisotopic (exact) mass is 533 g/mol. The van der Waals surface area contributed by atoms with E-state index in [0.29, 0.717) is 34.1 Å². The van der Waals surface area contributed by atoms with Crippen molar-refractivity contribution in [2.45, 2.75) is 19.6 Å². The summed E-state index contributed by atoms with van der Waals surface area (Å²) in [7, 11) is 1.49. The summed E-state index contributed by atoms with van der Waals surface area (Å²) >= 11 is 5.92. The lowest BCUT2D eigenvalue weighted by Gasteiger charge is -2.16. The summed E-state index contributed by atoms with van der Waals surface area (Å²) in [6, 6.07) is 16.1. The van der Waals surface area contributed by atoms with Crippen molar-refractivity contribution in [1.82, 2.24) is 10.2 Å². The van der Waals surface area contributed by atoms with Crippen molar-refractivity contribution in [3.8, 4) is 11.5 Å². The quantitative estimate of drug-likeness (QED) is 0.118. The molecular formula is C28H24ClN3O6. The van der Waals surface area contributed by atoms with Crippen molar-refractivity contribution in [2.24, 2.45) is 0 Å². The van der Waals surface area contributed by atoms with E-state index in [4.69, 9.17) is 21.1 Å². The highest BCUT2D eigenvalue weighted by molar-refractivity contribution is 6.30. The van der Waals surface area contributed by atoms with Crippen LogP contribution in [0, 0.1) is 10.1 Å². The van der Waals surface area contributed by atoms with Crippen LogP contribution in [0.5, 0.6) is 11.5 Å². The number of amides is 3. The van der Waals surface area contributed by atoms with E-state index in [1.807, 2.05) is 0 Å². The van der Waals surface area contributed by atoms with Crippen LogP contribution < -0.4 is 14.8 Å². The van der Waals surface area contributed by atoms with Crippen LogP contribution in [0.2, 0.25) is 5.02 Å². The predicted molar refractivity (Wildman–Crippen MR) is 143 cm³/mol. The van der Waals surface area contributed by atoms with Gasteiger partial charge in [-0.1, -0.05) is 41.9 Å². The van der Waals surface area contributed by atoms with Gasteiger partial charge in [-0.25, -0.2) is 4.79 Å². The van der Waals surface area contributed by atoms with E-state index in [0.717, 1.165) is 16.0 Å². The number of non-ortho nitro benzene ring substituents is 1. The molecule has 1 aliphatic rings. The highest BCUT2D eigenvalue weighted by Crippen LogP contribution is 2.35. The molecule has 0 radical (unpaired) electrons. The Balaban J connectivity index is 1.58. The molecule has 0 unspecified atom stereocenters. The van der Waals surface area contributed by atoms with Crippen molar-refractivity contribution in [3.05, 3.63) is 116 Å². The Hall–Kier alpha value is -4.63. The van der Waals surface area contributed by atoms with Gasteiger partial charge in [-0.15, -0.1) is 6.58 Å². The number of imide groups is 1. The van der Waals surface area contributed by atoms with E-state index < -0.39 is 16.9 Å². The number of rotatable bonds is 10. The minimum absolute atomic E-state index is 0.0280. The molecule has 4 rings (SSSR count). The molecule has 0 bridgehead atoms. The maximum Gasteiger partial charge on any atom is 0.329 e. The Bertz CT molecular complexity index is 1440. The van der Waals surface area contributed by atoms with Crippen LogP contribution in [0.25, 0.3) is 6.08 Å². The smallest absolute Gasteiger partial charge is 0.329 e. The van der Waals surface area contributed by atoms with Crippen LogP contribution in [0.3, 0.4) is 0 Å². The van der Waals surface area contributed by atoms with E-state index in [-0.39, 0.29) is 24.5 Å². The Morgan fingerprint density at radius 3 is 2.55 bits per heavy atom. The highest BCUT2D eigenvalue weighted by atomic mass is 35.5. The second-order valence-corrected chi connectivity index (χ2v) is 8.86. The summed E-state index contributed by atoms with van der Waals surface area (Å²) in [4.78, 5) is 37.2. The fourth-order valence-electron chi connectivity index (χ4n) is 3.96. The van der Waals surface area contributed by atoms with Crippen LogP contribution in [0.1, 0.15) is 22.3 Å². The Morgan fingerprint density at radius 2 is 1.87 bits per heavy atom. The maximum atomic E-state index is 13.0. The molecular weight excluding hydrogens is 510 g/mol. The number of nitro benzene ring substituents is 1. The van der Waals surface area contributed by atoms with Crippen LogP contribution >= 0.6 is 11.6 Å². The van der Waals surface area contributed by atoms with Crippen LogP contribution in [-0.2, 0) is 24.4 Å². The summed E-state index contributed by atoms with van der Waals surface area (Å²) in [6.45, 7) is 3.99. The molecule has 3 aromatic rings. The number of benzene rings is 3. The Labute approximate surface area is 224 Å². The van der Waals surface area contributed by atoms with Crippen molar-refractivity contribution in [1.29, 1.82) is 0 Å². The number of nitrogens with zero attached hydrogens (tertiary/aromatic N) is 2. The first kappa shape index (κ1) is 26.4. The largest absolute Gasteiger partial charge is 0.493 e. The zero-order chi connectivity index (χ0) is 27.2. The van der Waals surface area contributed by atoms with E-state index in [1.165, 1.54) is 19.2 Å². The predicted octanol–water partition coefficient (Wildman–Crippen LogP) is 5.66. The van der Waals surface area contributed by atoms with Gasteiger partial charge in [0, 0.05) is 22.7 Å². The van der Waals surface area contributed by atoms with E-state index >= 15 is 0 Å². The molecule has 0 aliphatic carbocycles. The van der Waals surface area contributed by atoms with Gasteiger partial charge in [0.05, 0.1) is 18.6 Å². The number of hydrogen-bond acceptors (Lipinski definition) is 6. The third-order valence-electron chi connectivity index (χ3n) is 5.77. The molecule has 10 heteroatoms. The van der Waals surface area contributed by atoms with Gasteiger partial charge in [0.1, 0.15) is 12.3 Å². The van der Waals surface area contributed by atoms with E-state index in [9.17, 15) is 19.7 Å². The topological polar surface area (TPSA) is 111 Å². The summed E-state index contributed by atoms with van der Waals surface area (Å²) < 4.78 is 11.6. The first-order valence-corrected chi connectivity index (χ1v) is 11.9. The van der Waals surface area contributed by atoms with Crippen molar-refractivity contribution in [3.63, 3.8) is 0 Å². The van der Waals surface area contributed by atoms with Crippen LogP contribution in [0.4, 0.5) is 10.5 Å². The van der Waals surface area contributed by atoms with Gasteiger partial charge in [0.25, 0.3) is 11.6 Å². The standard InChI is InChI=1S/C28H24ClN3O6/c1-3-5-21-12-20(14-24-27(33)31(28(34)30-24)16-18-8-10-22(29)11-9-18)15-25(37-2)26(21)38-17-19-6-4-7-23(13-19)32(35)36/h3-4,6-15H,1,5,16-17H2,2H3,(H,30,34)/b24-14-. The number of methoxy groups -OCH3 is 1. The lowest BCUT2D eigenvalue weighted by atomic mass is 10.0. The van der Waals surface area contributed by atoms with Crippen LogP contribution in [-0.4, -0.2) is 28.9 Å². The molecule has 0 aromatic heterocycles. The number of ether oxygens (including phenoxy) is 2. The molecule has 1 N–H and O–H groups in total. The number of allylic oxidation sites excluding steroid dienone is 1. The zero-order valence-corrected chi connectivity index (χ0v) is 21.2. The van der Waals surface area contributed by atoms with Crippen molar-refractivity contribution < 1.29 is 24.0 Å². The van der Waals surface area contributed by atoms with Crippen molar-refractivity contribution >= 4 is 35.3 Å². The minimum atomic E-state index is -0.522. The second-order valence-electron chi connectivity index (χ2n) is 8.43. The average molecular weight is 534 g/mol. The second kappa shape index (κ2) is 11.6. The number of carbonyl (C=O) groups is 2. The highest BCUT2D eigenvalue weighted by Gasteiger charge is 2.33. The van der Waals surface area contributed by atoms with E-state index in [2.05, 4.69) is 11.9 Å². The molecule has 3 amide bonds. The average Bonchev–Trinajstić information content (AvgIpc) is 3.16. The molecule has 3 aromatic carbocycles. The Kier molecular flexibility index (Phi) is 8.08. The number of nitro groups is 1. The summed E-state index contributed by atoms with van der Waals surface area (Å²) in [5.74, 6) is 0.392.